The fourth-order valence-corrected chi connectivity index (χ4v) is 1.53. The second-order valence-corrected chi connectivity index (χ2v) is 3.95. The number of carboxylic acids is 1. The minimum absolute atomic E-state index is 0.164. The highest BCUT2D eigenvalue weighted by Crippen LogP contribution is 2.15. The van der Waals surface area contributed by atoms with Gasteiger partial charge in [0.2, 0.25) is 0 Å². The molecule has 0 aliphatic carbocycles. The van der Waals surface area contributed by atoms with Gasteiger partial charge in [-0.2, -0.15) is 5.10 Å². The van der Waals surface area contributed by atoms with Crippen LogP contribution in [0.5, 0.6) is 0 Å². The van der Waals surface area contributed by atoms with E-state index in [1.54, 1.807) is 19.3 Å². The highest BCUT2D eigenvalue weighted by atomic mass is 19.1. The summed E-state index contributed by atoms with van der Waals surface area (Å²) in [5.41, 5.74) is -0.349. The predicted octanol–water partition coefficient (Wildman–Crippen LogP) is 1.90. The van der Waals surface area contributed by atoms with Gasteiger partial charge in [0.25, 0.3) is 0 Å². The van der Waals surface area contributed by atoms with Crippen molar-refractivity contribution in [2.45, 2.75) is 0 Å². The number of nitrogens with one attached hydrogen (secondary N) is 2. The number of carbonyl (C=O) groups is 2. The molecule has 1 aromatic carbocycles. The SMILES string of the molecule is Cn1ccc(NC(=O)Nc2ccc(F)c(C(=O)O)c2)n1. The number of benzene rings is 1. The number of carbonyl (C=O) groups excluding carboxylic acids is 1. The molecule has 0 unspecified atom stereocenters. The molecule has 104 valence electrons. The molecule has 0 radical (unpaired) electrons. The predicted molar refractivity (Wildman–Crippen MR) is 69.2 cm³/mol. The Morgan fingerprint density at radius 2 is 2.05 bits per heavy atom. The van der Waals surface area contributed by atoms with Crippen LogP contribution in [0.3, 0.4) is 0 Å². The third kappa shape index (κ3) is 3.10. The van der Waals surface area contributed by atoms with Crippen LogP contribution in [0.4, 0.5) is 20.7 Å². The van der Waals surface area contributed by atoms with Gasteiger partial charge < -0.3 is 10.4 Å². The third-order valence-corrected chi connectivity index (χ3v) is 2.41. The first-order valence-corrected chi connectivity index (χ1v) is 5.56. The smallest absolute Gasteiger partial charge is 0.338 e. The van der Waals surface area contributed by atoms with Gasteiger partial charge in [0.15, 0.2) is 5.82 Å². The van der Waals surface area contributed by atoms with Gasteiger partial charge in [0.1, 0.15) is 5.82 Å². The van der Waals surface area contributed by atoms with Crippen molar-refractivity contribution in [3.8, 4) is 0 Å². The van der Waals surface area contributed by atoms with Crippen molar-refractivity contribution in [3.05, 3.63) is 41.8 Å². The van der Waals surface area contributed by atoms with Gasteiger partial charge in [-0.15, -0.1) is 0 Å². The molecule has 0 aliphatic rings. The van der Waals surface area contributed by atoms with Crippen molar-refractivity contribution in [1.82, 2.24) is 9.78 Å². The standard InChI is InChI=1S/C12H11FN4O3/c1-17-5-4-10(16-17)15-12(20)14-7-2-3-9(13)8(6-7)11(18)19/h2-6H,1H3,(H,18,19)(H2,14,15,16,20). The summed E-state index contributed by atoms with van der Waals surface area (Å²) in [6.07, 6.45) is 1.65. The minimum atomic E-state index is -1.41. The number of carboxylic acid groups (broad SMARTS) is 1. The van der Waals surface area contributed by atoms with Gasteiger partial charge in [-0.25, -0.2) is 14.0 Å². The first-order chi connectivity index (χ1) is 9.45. The Balaban J connectivity index is 2.08. The lowest BCUT2D eigenvalue weighted by Crippen LogP contribution is -2.20. The third-order valence-electron chi connectivity index (χ3n) is 2.41. The van der Waals surface area contributed by atoms with Crippen LogP contribution in [0.25, 0.3) is 0 Å². The molecule has 8 heteroatoms. The van der Waals surface area contributed by atoms with E-state index >= 15 is 0 Å². The Morgan fingerprint density at radius 3 is 2.65 bits per heavy atom. The van der Waals surface area contributed by atoms with Gasteiger partial charge in [0, 0.05) is 25.0 Å². The van der Waals surface area contributed by atoms with Crippen LogP contribution in [0.1, 0.15) is 10.4 Å². The number of aromatic carboxylic acids is 1. The topological polar surface area (TPSA) is 96.2 Å². The second-order valence-electron chi connectivity index (χ2n) is 3.95. The number of aryl methyl sites for hydroxylation is 1. The van der Waals surface area contributed by atoms with Gasteiger partial charge >= 0.3 is 12.0 Å². The Morgan fingerprint density at radius 1 is 1.30 bits per heavy atom. The van der Waals surface area contributed by atoms with Crippen molar-refractivity contribution in [3.63, 3.8) is 0 Å². The van der Waals surface area contributed by atoms with Gasteiger partial charge in [0.05, 0.1) is 5.56 Å². The largest absolute Gasteiger partial charge is 0.478 e. The zero-order chi connectivity index (χ0) is 14.7. The number of hydrogen-bond donors (Lipinski definition) is 3. The van der Waals surface area contributed by atoms with Gasteiger partial charge in [-0.3, -0.25) is 10.00 Å². The van der Waals surface area contributed by atoms with E-state index in [0.29, 0.717) is 5.82 Å². The van der Waals surface area contributed by atoms with Crippen LogP contribution in [-0.2, 0) is 7.05 Å². The average Bonchev–Trinajstić information content (AvgIpc) is 2.76. The number of urea groups is 1. The molecule has 2 aromatic rings. The Bertz CT molecular complexity index is 668. The first-order valence-electron chi connectivity index (χ1n) is 5.56. The second kappa shape index (κ2) is 5.39. The summed E-state index contributed by atoms with van der Waals surface area (Å²) in [6, 6.07) is 4.26. The summed E-state index contributed by atoms with van der Waals surface area (Å²) in [6.45, 7) is 0. The highest BCUT2D eigenvalue weighted by Gasteiger charge is 2.12. The lowest BCUT2D eigenvalue weighted by Gasteiger charge is -2.06. The van der Waals surface area contributed by atoms with E-state index in [-0.39, 0.29) is 5.69 Å². The zero-order valence-electron chi connectivity index (χ0n) is 10.4. The number of amides is 2. The number of hydrogen-bond acceptors (Lipinski definition) is 3. The lowest BCUT2D eigenvalue weighted by molar-refractivity contribution is 0.0692. The molecule has 2 amide bonds. The summed E-state index contributed by atoms with van der Waals surface area (Å²) in [5.74, 6) is -1.94. The molecule has 20 heavy (non-hydrogen) atoms. The average molecular weight is 278 g/mol. The number of aromatic nitrogens is 2. The number of nitrogens with zero attached hydrogens (tertiary/aromatic N) is 2. The summed E-state index contributed by atoms with van der Waals surface area (Å²) < 4.78 is 14.7. The van der Waals surface area contributed by atoms with E-state index in [1.165, 1.54) is 10.7 Å². The fraction of sp³-hybridized carbons (Fsp3) is 0.0833. The summed E-state index contributed by atoms with van der Waals surface area (Å²) >= 11 is 0. The molecule has 0 aliphatic heterocycles. The van der Waals surface area contributed by atoms with E-state index in [2.05, 4.69) is 15.7 Å². The normalized spacial score (nSPS) is 10.1. The number of anilines is 2. The molecule has 1 aromatic heterocycles. The van der Waals surface area contributed by atoms with Crippen LogP contribution < -0.4 is 10.6 Å². The first kappa shape index (κ1) is 13.5. The van der Waals surface area contributed by atoms with Crippen molar-refractivity contribution < 1.29 is 19.1 Å². The molecule has 3 N–H and O–H groups in total. The van der Waals surface area contributed by atoms with Crippen LogP contribution in [-0.4, -0.2) is 26.9 Å². The number of halogens is 1. The minimum Gasteiger partial charge on any atom is -0.478 e. The van der Waals surface area contributed by atoms with Gasteiger partial charge in [-0.05, 0) is 18.2 Å². The maximum atomic E-state index is 13.2. The van der Waals surface area contributed by atoms with E-state index < -0.39 is 23.4 Å². The maximum absolute atomic E-state index is 13.2. The highest BCUT2D eigenvalue weighted by molar-refractivity contribution is 6.00. The van der Waals surface area contributed by atoms with Crippen LogP contribution in [0.2, 0.25) is 0 Å². The van der Waals surface area contributed by atoms with E-state index in [1.807, 2.05) is 0 Å². The van der Waals surface area contributed by atoms with Crippen LogP contribution in [0, 0.1) is 5.82 Å². The molecule has 0 spiro atoms. The molecular weight excluding hydrogens is 267 g/mol. The summed E-state index contributed by atoms with van der Waals surface area (Å²) in [5, 5.41) is 17.6. The van der Waals surface area contributed by atoms with Gasteiger partial charge in [-0.1, -0.05) is 0 Å². The van der Waals surface area contributed by atoms with E-state index in [4.69, 9.17) is 5.11 Å². The molecule has 7 nitrogen and oxygen atoms in total. The lowest BCUT2D eigenvalue weighted by atomic mass is 10.2. The number of rotatable bonds is 3. The maximum Gasteiger partial charge on any atom is 0.338 e. The molecule has 0 bridgehead atoms. The zero-order valence-corrected chi connectivity index (χ0v) is 10.4. The van der Waals surface area contributed by atoms with Crippen molar-refractivity contribution >= 4 is 23.5 Å². The Kier molecular flexibility index (Phi) is 3.65. The van der Waals surface area contributed by atoms with Crippen LogP contribution in [0.15, 0.2) is 30.5 Å². The quantitative estimate of drug-likeness (QED) is 0.798. The molecule has 1 heterocycles. The Labute approximate surface area is 113 Å². The van der Waals surface area contributed by atoms with Crippen molar-refractivity contribution in [2.75, 3.05) is 10.6 Å². The van der Waals surface area contributed by atoms with Crippen molar-refractivity contribution in [2.24, 2.45) is 7.05 Å². The Hall–Kier alpha value is -2.90. The molecule has 0 saturated carbocycles. The molecule has 0 atom stereocenters. The molecule has 2 rings (SSSR count). The summed E-state index contributed by atoms with van der Waals surface area (Å²) in [4.78, 5) is 22.4. The summed E-state index contributed by atoms with van der Waals surface area (Å²) in [7, 11) is 1.70. The monoisotopic (exact) mass is 278 g/mol. The fourth-order valence-electron chi connectivity index (χ4n) is 1.53. The van der Waals surface area contributed by atoms with E-state index in [9.17, 15) is 14.0 Å². The van der Waals surface area contributed by atoms with E-state index in [0.717, 1.165) is 12.1 Å². The molecule has 0 saturated heterocycles. The molecular formula is C12H11FN4O3. The van der Waals surface area contributed by atoms with Crippen LogP contribution >= 0.6 is 0 Å². The molecule has 0 fully saturated rings. The van der Waals surface area contributed by atoms with Crippen molar-refractivity contribution in [1.29, 1.82) is 0 Å².